The minimum atomic E-state index is 0.692. The maximum atomic E-state index is 3.67. The van der Waals surface area contributed by atoms with Crippen LogP contribution in [0, 0.1) is 5.92 Å². The number of nitrogens with zero attached hydrogens (tertiary/aromatic N) is 1. The lowest BCUT2D eigenvalue weighted by atomic mass is 10.1. The smallest absolute Gasteiger partial charge is 0.0367 e. The molecule has 1 aliphatic carbocycles. The molecule has 0 amide bonds. The van der Waals surface area contributed by atoms with Crippen LogP contribution in [0.4, 0.5) is 11.4 Å². The Morgan fingerprint density at radius 3 is 2.39 bits per heavy atom. The van der Waals surface area contributed by atoms with Gasteiger partial charge >= 0.3 is 0 Å². The van der Waals surface area contributed by atoms with Crippen LogP contribution < -0.4 is 10.2 Å². The molecule has 2 atom stereocenters. The Balaban J connectivity index is 1.60. The zero-order chi connectivity index (χ0) is 12.4. The van der Waals surface area contributed by atoms with Crippen LogP contribution in [-0.2, 0) is 0 Å². The number of rotatable bonds is 3. The summed E-state index contributed by atoms with van der Waals surface area (Å²) in [6.45, 7) is 4.82. The molecule has 2 unspecified atom stereocenters. The number of anilines is 2. The molecule has 3 rings (SSSR count). The third kappa shape index (κ3) is 2.63. The van der Waals surface area contributed by atoms with Gasteiger partial charge < -0.3 is 10.2 Å². The summed E-state index contributed by atoms with van der Waals surface area (Å²) in [7, 11) is 0. The van der Waals surface area contributed by atoms with Crippen LogP contribution >= 0.6 is 0 Å². The molecule has 0 spiro atoms. The van der Waals surface area contributed by atoms with Gasteiger partial charge in [-0.25, -0.2) is 0 Å². The van der Waals surface area contributed by atoms with E-state index in [1.165, 1.54) is 56.6 Å². The maximum absolute atomic E-state index is 3.67. The fourth-order valence-corrected chi connectivity index (χ4v) is 3.32. The van der Waals surface area contributed by atoms with Gasteiger partial charge in [-0.05, 0) is 62.3 Å². The van der Waals surface area contributed by atoms with Crippen molar-refractivity contribution < 1.29 is 0 Å². The molecule has 2 fully saturated rings. The van der Waals surface area contributed by atoms with Crippen molar-refractivity contribution in [3.63, 3.8) is 0 Å². The molecule has 0 aromatic heterocycles. The van der Waals surface area contributed by atoms with Gasteiger partial charge in [0.25, 0.3) is 0 Å². The highest BCUT2D eigenvalue weighted by atomic mass is 15.1. The monoisotopic (exact) mass is 244 g/mol. The molecule has 98 valence electrons. The first-order valence-corrected chi connectivity index (χ1v) is 7.43. The van der Waals surface area contributed by atoms with E-state index >= 15 is 0 Å². The third-order valence-electron chi connectivity index (χ3n) is 4.40. The largest absolute Gasteiger partial charge is 0.382 e. The second-order valence-corrected chi connectivity index (χ2v) is 6.00. The average molecular weight is 244 g/mol. The Morgan fingerprint density at radius 1 is 1.06 bits per heavy atom. The second kappa shape index (κ2) is 5.21. The first kappa shape index (κ1) is 11.9. The van der Waals surface area contributed by atoms with Crippen LogP contribution in [0.2, 0.25) is 0 Å². The molecule has 18 heavy (non-hydrogen) atoms. The van der Waals surface area contributed by atoms with E-state index in [0.717, 1.165) is 5.92 Å². The van der Waals surface area contributed by atoms with Crippen LogP contribution in [0.3, 0.4) is 0 Å². The quantitative estimate of drug-likeness (QED) is 0.868. The van der Waals surface area contributed by atoms with Crippen molar-refractivity contribution in [2.24, 2.45) is 5.92 Å². The summed E-state index contributed by atoms with van der Waals surface area (Å²) in [4.78, 5) is 2.49. The molecule has 0 bridgehead atoms. The summed E-state index contributed by atoms with van der Waals surface area (Å²) >= 11 is 0. The molecule has 1 aliphatic heterocycles. The lowest BCUT2D eigenvalue weighted by Gasteiger charge is -2.19. The van der Waals surface area contributed by atoms with E-state index in [9.17, 15) is 0 Å². The van der Waals surface area contributed by atoms with Gasteiger partial charge in [0, 0.05) is 30.5 Å². The van der Waals surface area contributed by atoms with Crippen molar-refractivity contribution in [2.75, 3.05) is 23.3 Å². The lowest BCUT2D eigenvalue weighted by molar-refractivity contribution is 0.602. The first-order valence-electron chi connectivity index (χ1n) is 7.43. The van der Waals surface area contributed by atoms with Crippen LogP contribution in [0.15, 0.2) is 24.3 Å². The number of hydrogen-bond donors (Lipinski definition) is 1. The van der Waals surface area contributed by atoms with Gasteiger partial charge in [-0.15, -0.1) is 0 Å². The predicted molar refractivity (Wildman–Crippen MR) is 78.3 cm³/mol. The molecule has 0 radical (unpaired) electrons. The highest BCUT2D eigenvalue weighted by Gasteiger charge is 2.20. The fraction of sp³-hybridized carbons (Fsp3) is 0.625. The summed E-state index contributed by atoms with van der Waals surface area (Å²) in [5, 5.41) is 3.67. The Labute approximate surface area is 110 Å². The molecule has 1 saturated heterocycles. The SMILES string of the molecule is CC1CCC(Nc2ccc(N3CCCC3)cc2)C1. The van der Waals surface area contributed by atoms with E-state index in [0.29, 0.717) is 6.04 Å². The van der Waals surface area contributed by atoms with Crippen molar-refractivity contribution in [1.29, 1.82) is 0 Å². The minimum Gasteiger partial charge on any atom is -0.382 e. The predicted octanol–water partition coefficient (Wildman–Crippen LogP) is 3.89. The van der Waals surface area contributed by atoms with Crippen LogP contribution in [-0.4, -0.2) is 19.1 Å². The van der Waals surface area contributed by atoms with Gasteiger partial charge in [0.05, 0.1) is 0 Å². The molecule has 1 saturated carbocycles. The van der Waals surface area contributed by atoms with E-state index in [2.05, 4.69) is 41.4 Å². The Bertz CT molecular complexity index is 379. The van der Waals surface area contributed by atoms with Crippen molar-refractivity contribution in [2.45, 2.75) is 45.1 Å². The third-order valence-corrected chi connectivity index (χ3v) is 4.40. The zero-order valence-corrected chi connectivity index (χ0v) is 11.4. The highest BCUT2D eigenvalue weighted by molar-refractivity contribution is 5.55. The maximum Gasteiger partial charge on any atom is 0.0367 e. The highest BCUT2D eigenvalue weighted by Crippen LogP contribution is 2.28. The molecule has 2 aliphatic rings. The summed E-state index contributed by atoms with van der Waals surface area (Å²) in [5.41, 5.74) is 2.68. The van der Waals surface area contributed by atoms with Gasteiger partial charge in [-0.3, -0.25) is 0 Å². The summed E-state index contributed by atoms with van der Waals surface area (Å²) in [6.07, 6.45) is 6.73. The first-order chi connectivity index (χ1) is 8.81. The lowest BCUT2D eigenvalue weighted by Crippen LogP contribution is -2.18. The zero-order valence-electron chi connectivity index (χ0n) is 11.4. The number of benzene rings is 1. The molecular weight excluding hydrogens is 220 g/mol. The van der Waals surface area contributed by atoms with E-state index in [1.807, 2.05) is 0 Å². The number of nitrogens with one attached hydrogen (secondary N) is 1. The van der Waals surface area contributed by atoms with Gasteiger partial charge in [0.15, 0.2) is 0 Å². The molecule has 1 aromatic rings. The van der Waals surface area contributed by atoms with Gasteiger partial charge in [0.1, 0.15) is 0 Å². The van der Waals surface area contributed by atoms with E-state index in [-0.39, 0.29) is 0 Å². The fourth-order valence-electron chi connectivity index (χ4n) is 3.32. The standard InChI is InChI=1S/C16H24N2/c1-13-4-5-15(12-13)17-14-6-8-16(9-7-14)18-10-2-3-11-18/h6-9,13,15,17H,2-5,10-12H2,1H3. The van der Waals surface area contributed by atoms with Crippen molar-refractivity contribution in [3.05, 3.63) is 24.3 Å². The minimum absolute atomic E-state index is 0.692. The molecule has 2 nitrogen and oxygen atoms in total. The second-order valence-electron chi connectivity index (χ2n) is 6.00. The summed E-state index contributed by atoms with van der Waals surface area (Å²) in [6, 6.07) is 9.73. The Morgan fingerprint density at radius 2 is 1.78 bits per heavy atom. The molecule has 1 N–H and O–H groups in total. The Kier molecular flexibility index (Phi) is 3.44. The van der Waals surface area contributed by atoms with E-state index in [4.69, 9.17) is 0 Å². The van der Waals surface area contributed by atoms with Crippen molar-refractivity contribution >= 4 is 11.4 Å². The van der Waals surface area contributed by atoms with Gasteiger partial charge in [0.2, 0.25) is 0 Å². The van der Waals surface area contributed by atoms with Crippen LogP contribution in [0.25, 0.3) is 0 Å². The van der Waals surface area contributed by atoms with E-state index < -0.39 is 0 Å². The summed E-state index contributed by atoms with van der Waals surface area (Å²) < 4.78 is 0. The van der Waals surface area contributed by atoms with Crippen LogP contribution in [0.5, 0.6) is 0 Å². The molecule has 2 heteroatoms. The van der Waals surface area contributed by atoms with Gasteiger partial charge in [-0.2, -0.15) is 0 Å². The topological polar surface area (TPSA) is 15.3 Å². The molecule has 1 heterocycles. The van der Waals surface area contributed by atoms with Crippen molar-refractivity contribution in [3.8, 4) is 0 Å². The Hall–Kier alpha value is -1.18. The number of hydrogen-bond acceptors (Lipinski definition) is 2. The molecule has 1 aromatic carbocycles. The average Bonchev–Trinajstić information content (AvgIpc) is 3.02. The van der Waals surface area contributed by atoms with Crippen LogP contribution in [0.1, 0.15) is 39.0 Å². The van der Waals surface area contributed by atoms with E-state index in [1.54, 1.807) is 0 Å². The summed E-state index contributed by atoms with van der Waals surface area (Å²) in [5.74, 6) is 0.895. The molecular formula is C16H24N2. The van der Waals surface area contributed by atoms with Crippen molar-refractivity contribution in [1.82, 2.24) is 0 Å². The normalized spacial score (nSPS) is 27.7. The van der Waals surface area contributed by atoms with Gasteiger partial charge in [-0.1, -0.05) is 6.92 Å².